The molecule has 1 aromatic carbocycles. The maximum absolute atomic E-state index is 13.6. The van der Waals surface area contributed by atoms with Gasteiger partial charge < -0.3 is 10.6 Å². The summed E-state index contributed by atoms with van der Waals surface area (Å²) in [6, 6.07) is 6.17. The van der Waals surface area contributed by atoms with E-state index in [1.807, 2.05) is 0 Å². The molecule has 1 aliphatic rings. The van der Waals surface area contributed by atoms with Crippen LogP contribution < -0.4 is 15.4 Å². The maximum Gasteiger partial charge on any atom is 0.223 e. The second kappa shape index (κ2) is 9.09. The van der Waals surface area contributed by atoms with Gasteiger partial charge in [0.2, 0.25) is 21.8 Å². The lowest BCUT2D eigenvalue weighted by Crippen LogP contribution is -2.36. The standard InChI is InChI=1S/C17H24FN3O4S/c1-26(24,25)20-9-8-16(22)21-14-7-6-12(10-14)17(23)19-11-13-4-2-3-5-15(13)18/h2-5,12,14,20H,6-11H2,1H3,(H,19,23)(H,21,22)/t12-,14+/m0/s1. The van der Waals surface area contributed by atoms with Gasteiger partial charge in [0, 0.05) is 37.0 Å². The van der Waals surface area contributed by atoms with Crippen LogP contribution in [0.25, 0.3) is 0 Å². The van der Waals surface area contributed by atoms with E-state index in [1.54, 1.807) is 18.2 Å². The van der Waals surface area contributed by atoms with Crippen molar-refractivity contribution in [3.8, 4) is 0 Å². The highest BCUT2D eigenvalue weighted by molar-refractivity contribution is 7.88. The lowest BCUT2D eigenvalue weighted by Gasteiger charge is -2.14. The van der Waals surface area contributed by atoms with Crippen molar-refractivity contribution in [3.63, 3.8) is 0 Å². The van der Waals surface area contributed by atoms with Crippen molar-refractivity contribution in [2.45, 2.75) is 38.3 Å². The van der Waals surface area contributed by atoms with E-state index in [0.29, 0.717) is 24.8 Å². The third kappa shape index (κ3) is 6.72. The molecule has 1 fully saturated rings. The van der Waals surface area contributed by atoms with Crippen molar-refractivity contribution >= 4 is 21.8 Å². The number of hydrogen-bond acceptors (Lipinski definition) is 4. The quantitative estimate of drug-likeness (QED) is 0.612. The number of carbonyl (C=O) groups is 2. The van der Waals surface area contributed by atoms with Gasteiger partial charge in [-0.15, -0.1) is 0 Å². The zero-order chi connectivity index (χ0) is 19.2. The van der Waals surface area contributed by atoms with Crippen LogP contribution in [0.3, 0.4) is 0 Å². The van der Waals surface area contributed by atoms with E-state index in [1.165, 1.54) is 6.07 Å². The van der Waals surface area contributed by atoms with Gasteiger partial charge in [0.05, 0.1) is 6.26 Å². The van der Waals surface area contributed by atoms with Gasteiger partial charge >= 0.3 is 0 Å². The van der Waals surface area contributed by atoms with E-state index in [-0.39, 0.29) is 49.1 Å². The monoisotopic (exact) mass is 385 g/mol. The van der Waals surface area contributed by atoms with Crippen LogP contribution in [0.15, 0.2) is 24.3 Å². The van der Waals surface area contributed by atoms with E-state index >= 15 is 0 Å². The summed E-state index contributed by atoms with van der Waals surface area (Å²) in [7, 11) is -3.31. The summed E-state index contributed by atoms with van der Waals surface area (Å²) in [6.07, 6.45) is 2.94. The topological polar surface area (TPSA) is 104 Å². The van der Waals surface area contributed by atoms with Crippen LogP contribution >= 0.6 is 0 Å². The van der Waals surface area contributed by atoms with Gasteiger partial charge in [0.15, 0.2) is 0 Å². The number of carbonyl (C=O) groups excluding carboxylic acids is 2. The van der Waals surface area contributed by atoms with Crippen LogP contribution in [0.2, 0.25) is 0 Å². The second-order valence-corrected chi connectivity index (χ2v) is 8.33. The van der Waals surface area contributed by atoms with Gasteiger partial charge in [-0.1, -0.05) is 18.2 Å². The molecule has 0 radical (unpaired) electrons. The third-order valence-electron chi connectivity index (χ3n) is 4.30. The molecule has 2 rings (SSSR count). The fraction of sp³-hybridized carbons (Fsp3) is 0.529. The van der Waals surface area contributed by atoms with Gasteiger partial charge in [0.1, 0.15) is 5.82 Å². The molecule has 7 nitrogen and oxygen atoms in total. The number of benzene rings is 1. The number of hydrogen-bond donors (Lipinski definition) is 3. The van der Waals surface area contributed by atoms with Crippen molar-refractivity contribution in [1.29, 1.82) is 0 Å². The molecule has 3 N–H and O–H groups in total. The Labute approximate surface area is 152 Å². The molecule has 0 aliphatic heterocycles. The number of nitrogens with one attached hydrogen (secondary N) is 3. The summed E-state index contributed by atoms with van der Waals surface area (Å²) in [5.41, 5.74) is 0.432. The summed E-state index contributed by atoms with van der Waals surface area (Å²) < 4.78 is 37.7. The molecule has 2 atom stereocenters. The molecule has 0 saturated heterocycles. The van der Waals surface area contributed by atoms with Crippen LogP contribution in [-0.2, 0) is 26.2 Å². The van der Waals surface area contributed by atoms with Crippen LogP contribution in [0.4, 0.5) is 4.39 Å². The highest BCUT2D eigenvalue weighted by Gasteiger charge is 2.30. The maximum atomic E-state index is 13.6. The molecule has 0 aromatic heterocycles. The van der Waals surface area contributed by atoms with Crippen molar-refractivity contribution in [3.05, 3.63) is 35.6 Å². The summed E-state index contributed by atoms with van der Waals surface area (Å²) >= 11 is 0. The molecule has 1 saturated carbocycles. The molecule has 1 aliphatic carbocycles. The average Bonchev–Trinajstić information content (AvgIpc) is 3.01. The van der Waals surface area contributed by atoms with Gasteiger partial charge in [-0.25, -0.2) is 17.5 Å². The number of sulfonamides is 1. The Kier molecular flexibility index (Phi) is 7.10. The molecule has 0 bridgehead atoms. The fourth-order valence-electron chi connectivity index (χ4n) is 2.97. The Morgan fingerprint density at radius 2 is 1.96 bits per heavy atom. The molecule has 0 heterocycles. The zero-order valence-corrected chi connectivity index (χ0v) is 15.4. The first-order valence-electron chi connectivity index (χ1n) is 8.49. The SMILES string of the molecule is CS(=O)(=O)NCCC(=O)N[C@@H]1CC[C@H](C(=O)NCc2ccccc2F)C1. The molecule has 0 unspecified atom stereocenters. The average molecular weight is 385 g/mol. The number of halogens is 1. The predicted molar refractivity (Wildman–Crippen MR) is 95.0 cm³/mol. The third-order valence-corrected chi connectivity index (χ3v) is 5.02. The molecule has 2 amide bonds. The fourth-order valence-corrected chi connectivity index (χ4v) is 3.44. The summed E-state index contributed by atoms with van der Waals surface area (Å²) in [4.78, 5) is 24.0. The van der Waals surface area contributed by atoms with Crippen LogP contribution in [-0.4, -0.2) is 39.1 Å². The molecule has 0 spiro atoms. The van der Waals surface area contributed by atoms with Gasteiger partial charge in [-0.2, -0.15) is 0 Å². The molecule has 9 heteroatoms. The van der Waals surface area contributed by atoms with Crippen molar-refractivity contribution in [2.24, 2.45) is 5.92 Å². The summed E-state index contributed by atoms with van der Waals surface area (Å²) in [5, 5.41) is 5.56. The highest BCUT2D eigenvalue weighted by Crippen LogP contribution is 2.26. The summed E-state index contributed by atoms with van der Waals surface area (Å²) in [5.74, 6) is -0.976. The summed E-state index contributed by atoms with van der Waals surface area (Å²) in [6.45, 7) is 0.181. The first-order chi connectivity index (χ1) is 12.2. The lowest BCUT2D eigenvalue weighted by atomic mass is 10.1. The van der Waals surface area contributed by atoms with E-state index < -0.39 is 10.0 Å². The minimum Gasteiger partial charge on any atom is -0.353 e. The smallest absolute Gasteiger partial charge is 0.223 e. The Bertz CT molecular complexity index is 754. The van der Waals surface area contributed by atoms with Crippen molar-refractivity contribution in [2.75, 3.05) is 12.8 Å². The van der Waals surface area contributed by atoms with E-state index in [9.17, 15) is 22.4 Å². The Morgan fingerprint density at radius 3 is 2.65 bits per heavy atom. The lowest BCUT2D eigenvalue weighted by molar-refractivity contribution is -0.125. The Hall–Kier alpha value is -2.00. The first-order valence-corrected chi connectivity index (χ1v) is 10.4. The van der Waals surface area contributed by atoms with Gasteiger partial charge in [0.25, 0.3) is 0 Å². The first kappa shape index (κ1) is 20.3. The molecule has 26 heavy (non-hydrogen) atoms. The van der Waals surface area contributed by atoms with Crippen LogP contribution in [0, 0.1) is 11.7 Å². The van der Waals surface area contributed by atoms with Crippen LogP contribution in [0.5, 0.6) is 0 Å². The molecule has 1 aromatic rings. The van der Waals surface area contributed by atoms with E-state index in [2.05, 4.69) is 15.4 Å². The van der Waals surface area contributed by atoms with E-state index in [4.69, 9.17) is 0 Å². The minimum absolute atomic E-state index is 0.0456. The Balaban J connectivity index is 1.71. The number of amides is 2. The molecular weight excluding hydrogens is 361 g/mol. The molecule has 144 valence electrons. The highest BCUT2D eigenvalue weighted by atomic mass is 32.2. The van der Waals surface area contributed by atoms with Gasteiger partial charge in [-0.05, 0) is 25.3 Å². The second-order valence-electron chi connectivity index (χ2n) is 6.50. The molecular formula is C17H24FN3O4S. The van der Waals surface area contributed by atoms with Crippen LogP contribution in [0.1, 0.15) is 31.2 Å². The minimum atomic E-state index is -3.31. The van der Waals surface area contributed by atoms with Gasteiger partial charge in [-0.3, -0.25) is 9.59 Å². The largest absolute Gasteiger partial charge is 0.353 e. The predicted octanol–water partition coefficient (Wildman–Crippen LogP) is 0.666. The van der Waals surface area contributed by atoms with Crippen molar-refractivity contribution < 1.29 is 22.4 Å². The number of rotatable bonds is 8. The van der Waals surface area contributed by atoms with Crippen molar-refractivity contribution in [1.82, 2.24) is 15.4 Å². The Morgan fingerprint density at radius 1 is 1.23 bits per heavy atom. The normalized spacial score (nSPS) is 19.9. The zero-order valence-electron chi connectivity index (χ0n) is 14.6. The van der Waals surface area contributed by atoms with E-state index in [0.717, 1.165) is 6.26 Å².